The molecule has 168 valence electrons. The van der Waals surface area contributed by atoms with Crippen LogP contribution in [0.25, 0.3) is 10.9 Å². The van der Waals surface area contributed by atoms with Gasteiger partial charge in [-0.05, 0) is 31.4 Å². The first-order chi connectivity index (χ1) is 15.3. The molecule has 10 heteroatoms. The Morgan fingerprint density at radius 2 is 2.22 bits per heavy atom. The number of hydrogen-bond acceptors (Lipinski definition) is 7. The lowest BCUT2D eigenvalue weighted by Gasteiger charge is -2.34. The number of pyridine rings is 1. The lowest BCUT2D eigenvalue weighted by molar-refractivity contribution is 0.143. The number of nitrogens with zero attached hydrogens (tertiary/aromatic N) is 3. The molecule has 4 aliphatic rings. The Morgan fingerprint density at radius 1 is 1.41 bits per heavy atom. The molecule has 0 amide bonds. The van der Waals surface area contributed by atoms with Crippen LogP contribution in [-0.2, 0) is 0 Å². The maximum atomic E-state index is 15.5. The van der Waals surface area contributed by atoms with Crippen LogP contribution in [0.5, 0.6) is 11.5 Å². The molecule has 9 nitrogen and oxygen atoms in total. The van der Waals surface area contributed by atoms with Crippen molar-refractivity contribution in [3.05, 3.63) is 40.5 Å². The highest BCUT2D eigenvalue weighted by Gasteiger charge is 2.57. The van der Waals surface area contributed by atoms with Crippen LogP contribution in [0.2, 0.25) is 0 Å². The number of nitrogens with one attached hydrogen (secondary N) is 1. The number of anilines is 1. The minimum atomic E-state index is -1.61. The van der Waals surface area contributed by atoms with Crippen LogP contribution in [0.1, 0.15) is 6.42 Å². The fourth-order valence-electron chi connectivity index (χ4n) is 6.21. The first kappa shape index (κ1) is 19.4. The smallest absolute Gasteiger partial charge is 0.467 e. The van der Waals surface area contributed by atoms with Crippen molar-refractivity contribution >= 4 is 22.7 Å². The van der Waals surface area contributed by atoms with Crippen LogP contribution >= 0.6 is 0 Å². The van der Waals surface area contributed by atoms with E-state index < -0.39 is 17.4 Å². The minimum Gasteiger partial charge on any atom is -0.467 e. The Bertz CT molecular complexity index is 1260. The number of carboxylic acid groups (broad SMARTS) is 1. The van der Waals surface area contributed by atoms with Gasteiger partial charge in [0.25, 0.3) is 0 Å². The van der Waals surface area contributed by atoms with E-state index in [9.17, 15) is 9.59 Å². The largest absolute Gasteiger partial charge is 0.511 e. The second-order valence-corrected chi connectivity index (χ2v) is 9.09. The molecule has 1 aromatic carbocycles. The number of carbonyl (C=O) groups is 1. The Balaban J connectivity index is 1.50. The zero-order valence-electron chi connectivity index (χ0n) is 17.7. The van der Waals surface area contributed by atoms with Crippen molar-refractivity contribution in [3.63, 3.8) is 0 Å². The van der Waals surface area contributed by atoms with Crippen LogP contribution in [0.4, 0.5) is 14.9 Å². The van der Waals surface area contributed by atoms with Gasteiger partial charge in [-0.25, -0.2) is 9.18 Å². The van der Waals surface area contributed by atoms with Gasteiger partial charge in [-0.3, -0.25) is 14.5 Å². The lowest BCUT2D eigenvalue weighted by atomic mass is 9.82. The van der Waals surface area contributed by atoms with E-state index in [4.69, 9.17) is 9.84 Å². The summed E-state index contributed by atoms with van der Waals surface area (Å²) >= 11 is 0. The molecule has 0 spiro atoms. The summed E-state index contributed by atoms with van der Waals surface area (Å²) in [4.78, 5) is 25.9. The highest BCUT2D eigenvalue weighted by Crippen LogP contribution is 2.55. The zero-order chi connectivity index (χ0) is 22.4. The number of allylic oxidation sites excluding steroid dienone is 1. The van der Waals surface area contributed by atoms with Crippen LogP contribution in [0.3, 0.4) is 0 Å². The number of halogens is 1. The lowest BCUT2D eigenvalue weighted by Crippen LogP contribution is -2.46. The third-order valence-corrected chi connectivity index (χ3v) is 7.65. The van der Waals surface area contributed by atoms with Gasteiger partial charge in [-0.2, -0.15) is 0 Å². The standard InChI is InChI=1S/C22H23FN4O5/c1-24-22-4-3-11(6-22)13-7-26(8-14(13)22)18-15(23)5-12-17-20(18)31-10-25(2)27(17)9-16(19(12)28)32-21(29)30/h3-5,9,11,13-14,24H,6-8,10H2,1-2H3,(H,29,30). The topological polar surface area (TPSA) is 96.3 Å². The van der Waals surface area contributed by atoms with E-state index in [1.165, 1.54) is 12.3 Å². The summed E-state index contributed by atoms with van der Waals surface area (Å²) in [7, 11) is 3.70. The molecule has 1 aromatic heterocycles. The molecule has 4 atom stereocenters. The Morgan fingerprint density at radius 3 is 2.97 bits per heavy atom. The van der Waals surface area contributed by atoms with Crippen molar-refractivity contribution in [1.29, 1.82) is 0 Å². The van der Waals surface area contributed by atoms with E-state index in [2.05, 4.69) is 22.2 Å². The summed E-state index contributed by atoms with van der Waals surface area (Å²) in [6, 6.07) is 1.17. The van der Waals surface area contributed by atoms with E-state index >= 15 is 4.39 Å². The van der Waals surface area contributed by atoms with Crippen molar-refractivity contribution in [1.82, 2.24) is 9.99 Å². The van der Waals surface area contributed by atoms with Gasteiger partial charge in [0.2, 0.25) is 11.2 Å². The average Bonchev–Trinajstić information content (AvgIpc) is 3.44. The number of benzene rings is 1. The van der Waals surface area contributed by atoms with Crippen molar-refractivity contribution in [2.24, 2.45) is 17.8 Å². The number of hydrogen-bond donors (Lipinski definition) is 2. The van der Waals surface area contributed by atoms with Gasteiger partial charge >= 0.3 is 6.16 Å². The van der Waals surface area contributed by atoms with Gasteiger partial charge < -0.3 is 24.8 Å². The van der Waals surface area contributed by atoms with Gasteiger partial charge in [-0.1, -0.05) is 12.2 Å². The Labute approximate surface area is 182 Å². The highest BCUT2D eigenvalue weighted by atomic mass is 19.1. The number of likely N-dealkylation sites (N-methyl/N-ethyl adjacent to an activating group) is 1. The van der Waals surface area contributed by atoms with Crippen LogP contribution in [-0.4, -0.2) is 55.4 Å². The van der Waals surface area contributed by atoms with Crippen LogP contribution in [0, 0.1) is 23.6 Å². The summed E-state index contributed by atoms with van der Waals surface area (Å²) in [5.74, 6) is 0.617. The first-order valence-electron chi connectivity index (χ1n) is 10.6. The molecule has 1 saturated carbocycles. The number of fused-ring (bicyclic) bond motifs is 5. The monoisotopic (exact) mass is 442 g/mol. The fraction of sp³-hybridized carbons (Fsp3) is 0.455. The molecular formula is C22H23FN4O5. The maximum absolute atomic E-state index is 15.5. The van der Waals surface area contributed by atoms with E-state index in [1.54, 1.807) is 16.7 Å². The molecule has 4 unspecified atom stereocenters. The predicted molar refractivity (Wildman–Crippen MR) is 115 cm³/mol. The van der Waals surface area contributed by atoms with Crippen LogP contribution < -0.4 is 30.1 Å². The van der Waals surface area contributed by atoms with E-state index in [0.29, 0.717) is 47.8 Å². The van der Waals surface area contributed by atoms with Gasteiger partial charge in [0, 0.05) is 31.6 Å². The SMILES string of the molecule is CNC12C=CC(C1)C1CN(c3c(F)cc4c(=O)c(OC(=O)O)cn5c4c3OCN5C)CC12. The number of ether oxygens (including phenoxy) is 2. The molecule has 2 fully saturated rings. The summed E-state index contributed by atoms with van der Waals surface area (Å²) < 4.78 is 27.7. The first-order valence-corrected chi connectivity index (χ1v) is 10.6. The molecule has 1 saturated heterocycles. The summed E-state index contributed by atoms with van der Waals surface area (Å²) in [5, 5.41) is 14.1. The third-order valence-electron chi connectivity index (χ3n) is 7.65. The number of rotatable bonds is 3. The normalized spacial score (nSPS) is 29.5. The molecule has 0 radical (unpaired) electrons. The zero-order valence-corrected chi connectivity index (χ0v) is 17.7. The fourth-order valence-corrected chi connectivity index (χ4v) is 6.21. The average molecular weight is 442 g/mol. The van der Waals surface area contributed by atoms with Gasteiger partial charge in [0.15, 0.2) is 18.3 Å². The molecule has 6 rings (SSSR count). The second kappa shape index (κ2) is 6.38. The van der Waals surface area contributed by atoms with Crippen LogP contribution in [0.15, 0.2) is 29.2 Å². The van der Waals surface area contributed by atoms with Crippen molar-refractivity contribution < 1.29 is 23.8 Å². The summed E-state index contributed by atoms with van der Waals surface area (Å²) in [5.41, 5.74) is 0.00458. The molecule has 3 heterocycles. The third kappa shape index (κ3) is 2.41. The van der Waals surface area contributed by atoms with Crippen molar-refractivity contribution in [2.75, 3.05) is 43.8 Å². The summed E-state index contributed by atoms with van der Waals surface area (Å²) in [6.07, 6.45) is 5.32. The van der Waals surface area contributed by atoms with E-state index in [1.807, 2.05) is 11.9 Å². The Hall–Kier alpha value is -3.27. The maximum Gasteiger partial charge on any atom is 0.511 e. The Kier molecular flexibility index (Phi) is 3.87. The quantitative estimate of drug-likeness (QED) is 0.548. The number of aromatic nitrogens is 1. The van der Waals surface area contributed by atoms with Gasteiger partial charge in [0.05, 0.1) is 11.6 Å². The summed E-state index contributed by atoms with van der Waals surface area (Å²) in [6.45, 7) is 1.51. The second-order valence-electron chi connectivity index (χ2n) is 9.09. The molecule has 2 N–H and O–H groups in total. The highest BCUT2D eigenvalue weighted by molar-refractivity contribution is 5.93. The molecule has 2 bridgehead atoms. The van der Waals surface area contributed by atoms with Crippen molar-refractivity contribution in [2.45, 2.75) is 12.0 Å². The molecule has 32 heavy (non-hydrogen) atoms. The molecule has 2 aliphatic heterocycles. The van der Waals surface area contributed by atoms with Gasteiger partial charge in [-0.15, -0.1) is 0 Å². The van der Waals surface area contributed by atoms with Crippen molar-refractivity contribution in [3.8, 4) is 11.5 Å². The predicted octanol–water partition coefficient (Wildman–Crippen LogP) is 1.72. The minimum absolute atomic E-state index is 0.0133. The van der Waals surface area contributed by atoms with E-state index in [0.717, 1.165) is 6.42 Å². The van der Waals surface area contributed by atoms with Gasteiger partial charge in [0.1, 0.15) is 11.2 Å². The van der Waals surface area contributed by atoms with E-state index in [-0.39, 0.29) is 23.4 Å². The molecular weight excluding hydrogens is 419 g/mol. The molecule has 2 aromatic rings. The molecule has 2 aliphatic carbocycles.